The van der Waals surface area contributed by atoms with Crippen LogP contribution in [0, 0.1) is 11.8 Å². The van der Waals surface area contributed by atoms with Gasteiger partial charge < -0.3 is 24.8 Å². The largest absolute Gasteiger partial charge is 0.466 e. The maximum atomic E-state index is 13.5. The number of nitrogens with zero attached hydrogens (tertiary/aromatic N) is 1. The van der Waals surface area contributed by atoms with Crippen LogP contribution in [0.1, 0.15) is 65.7 Å². The van der Waals surface area contributed by atoms with Crippen molar-refractivity contribution in [2.24, 2.45) is 11.8 Å². The van der Waals surface area contributed by atoms with E-state index in [1.807, 2.05) is 6.92 Å². The van der Waals surface area contributed by atoms with Crippen molar-refractivity contribution in [2.45, 2.75) is 83.0 Å². The first-order chi connectivity index (χ1) is 14.4. The van der Waals surface area contributed by atoms with Gasteiger partial charge in [0.1, 0.15) is 17.6 Å². The Hall–Kier alpha value is -1.67. The number of nitrogens with one attached hydrogen (secondary N) is 1. The molecule has 3 aliphatic rings. The molecule has 3 aliphatic heterocycles. The number of unbranched alkanes of at least 4 members (excludes halogenated alkanes) is 3. The summed E-state index contributed by atoms with van der Waals surface area (Å²) in [6, 6.07) is -0.753. The Morgan fingerprint density at radius 2 is 2.00 bits per heavy atom. The molecule has 2 unspecified atom stereocenters. The molecule has 3 fully saturated rings. The van der Waals surface area contributed by atoms with Gasteiger partial charge in [0.15, 0.2) is 0 Å². The fraction of sp³-hybridized carbons (Fsp3) is 0.864. The zero-order chi connectivity index (χ0) is 21.9. The van der Waals surface area contributed by atoms with Crippen LogP contribution in [0.25, 0.3) is 0 Å². The molecule has 0 aromatic rings. The Bertz CT molecular complexity index is 670. The van der Waals surface area contributed by atoms with E-state index in [4.69, 9.17) is 14.6 Å². The van der Waals surface area contributed by atoms with Crippen LogP contribution in [0.3, 0.4) is 0 Å². The zero-order valence-electron chi connectivity index (χ0n) is 18.4. The van der Waals surface area contributed by atoms with Crippen molar-refractivity contribution in [2.75, 3.05) is 26.3 Å². The molecule has 2 bridgehead atoms. The lowest BCUT2D eigenvalue weighted by atomic mass is 9.66. The average Bonchev–Trinajstić information content (AvgIpc) is 3.27. The number of hydrogen-bond donors (Lipinski definition) is 2. The highest BCUT2D eigenvalue weighted by molar-refractivity contribution is 5.98. The van der Waals surface area contributed by atoms with Crippen LogP contribution in [0.5, 0.6) is 0 Å². The molecule has 0 radical (unpaired) electrons. The van der Waals surface area contributed by atoms with Gasteiger partial charge in [0.2, 0.25) is 11.8 Å². The molecule has 8 nitrogen and oxygen atoms in total. The molecular weight excluding hydrogens is 388 g/mol. The molecule has 2 N–H and O–H groups in total. The molecule has 0 aromatic carbocycles. The first-order valence-corrected chi connectivity index (χ1v) is 11.4. The first kappa shape index (κ1) is 23.0. The van der Waals surface area contributed by atoms with Crippen LogP contribution in [-0.4, -0.2) is 71.3 Å². The van der Waals surface area contributed by atoms with E-state index in [-0.39, 0.29) is 25.0 Å². The number of likely N-dealkylation sites (tertiary alicyclic amines) is 1. The average molecular weight is 425 g/mol. The molecule has 170 valence electrons. The van der Waals surface area contributed by atoms with Crippen molar-refractivity contribution in [1.82, 2.24) is 10.2 Å². The SMILES string of the molecule is CCCCCNC(=O)C1N(CCCCO)C(=O)[C@@H]2[C@@H](C(=O)OCC)[C@@]3(C)CCC12O3. The van der Waals surface area contributed by atoms with Gasteiger partial charge in [-0.25, -0.2) is 0 Å². The van der Waals surface area contributed by atoms with Crippen molar-refractivity contribution in [3.63, 3.8) is 0 Å². The van der Waals surface area contributed by atoms with Crippen LogP contribution < -0.4 is 5.32 Å². The van der Waals surface area contributed by atoms with E-state index in [0.29, 0.717) is 38.8 Å². The number of esters is 1. The van der Waals surface area contributed by atoms with Gasteiger partial charge in [0.25, 0.3) is 0 Å². The summed E-state index contributed by atoms with van der Waals surface area (Å²) in [6.45, 7) is 6.90. The van der Waals surface area contributed by atoms with Gasteiger partial charge in [0, 0.05) is 19.7 Å². The van der Waals surface area contributed by atoms with Crippen LogP contribution >= 0.6 is 0 Å². The lowest BCUT2D eigenvalue weighted by Gasteiger charge is -2.33. The van der Waals surface area contributed by atoms with Crippen LogP contribution in [0.4, 0.5) is 0 Å². The quantitative estimate of drug-likeness (QED) is 0.384. The summed E-state index contributed by atoms with van der Waals surface area (Å²) in [7, 11) is 0. The molecule has 0 aliphatic carbocycles. The Morgan fingerprint density at radius 3 is 2.67 bits per heavy atom. The normalized spacial score (nSPS) is 34.3. The highest BCUT2D eigenvalue weighted by Gasteiger charge is 2.78. The number of fused-ring (bicyclic) bond motifs is 1. The molecule has 3 heterocycles. The van der Waals surface area contributed by atoms with E-state index >= 15 is 0 Å². The van der Waals surface area contributed by atoms with Crippen molar-refractivity contribution in [1.29, 1.82) is 0 Å². The first-order valence-electron chi connectivity index (χ1n) is 11.4. The number of hydrogen-bond acceptors (Lipinski definition) is 6. The lowest BCUT2D eigenvalue weighted by molar-refractivity contribution is -0.159. The fourth-order valence-corrected chi connectivity index (χ4v) is 5.63. The van der Waals surface area contributed by atoms with Gasteiger partial charge in [-0.3, -0.25) is 14.4 Å². The van der Waals surface area contributed by atoms with Crippen molar-refractivity contribution < 1.29 is 29.0 Å². The highest BCUT2D eigenvalue weighted by atomic mass is 16.6. The minimum absolute atomic E-state index is 0.0322. The Kier molecular flexibility index (Phi) is 7.07. The van der Waals surface area contributed by atoms with Crippen LogP contribution in [0.15, 0.2) is 0 Å². The number of aliphatic hydroxyl groups excluding tert-OH is 1. The molecule has 0 aromatic heterocycles. The van der Waals surface area contributed by atoms with E-state index in [2.05, 4.69) is 12.2 Å². The summed E-state index contributed by atoms with van der Waals surface area (Å²) in [5, 5.41) is 12.1. The second kappa shape index (κ2) is 9.22. The molecule has 5 atom stereocenters. The number of carbonyl (C=O) groups excluding carboxylic acids is 3. The fourth-order valence-electron chi connectivity index (χ4n) is 5.63. The summed E-state index contributed by atoms with van der Waals surface area (Å²) < 4.78 is 11.7. The van der Waals surface area contributed by atoms with E-state index in [0.717, 1.165) is 19.3 Å². The molecule has 3 saturated heterocycles. The summed E-state index contributed by atoms with van der Waals surface area (Å²) in [5.74, 6) is -2.23. The third kappa shape index (κ3) is 3.73. The summed E-state index contributed by atoms with van der Waals surface area (Å²) in [4.78, 5) is 41.2. The molecule has 30 heavy (non-hydrogen) atoms. The van der Waals surface area contributed by atoms with Gasteiger partial charge in [0.05, 0.1) is 18.1 Å². The van der Waals surface area contributed by atoms with Gasteiger partial charge in [-0.15, -0.1) is 0 Å². The van der Waals surface area contributed by atoms with E-state index in [9.17, 15) is 14.4 Å². The van der Waals surface area contributed by atoms with E-state index in [1.54, 1.807) is 11.8 Å². The monoisotopic (exact) mass is 424 g/mol. The highest BCUT2D eigenvalue weighted by Crippen LogP contribution is 2.63. The molecule has 0 saturated carbocycles. The van der Waals surface area contributed by atoms with Gasteiger partial charge in [-0.1, -0.05) is 19.8 Å². The van der Waals surface area contributed by atoms with Gasteiger partial charge in [-0.2, -0.15) is 0 Å². The minimum atomic E-state index is -0.989. The Balaban J connectivity index is 1.89. The predicted molar refractivity (Wildman–Crippen MR) is 109 cm³/mol. The van der Waals surface area contributed by atoms with Crippen molar-refractivity contribution >= 4 is 17.8 Å². The smallest absolute Gasteiger partial charge is 0.312 e. The van der Waals surface area contributed by atoms with Crippen LogP contribution in [-0.2, 0) is 23.9 Å². The van der Waals surface area contributed by atoms with E-state index < -0.39 is 35.0 Å². The number of aliphatic hydroxyl groups is 1. The molecule has 1 spiro atoms. The zero-order valence-corrected chi connectivity index (χ0v) is 18.4. The number of ether oxygens (including phenoxy) is 2. The number of carbonyl (C=O) groups is 3. The van der Waals surface area contributed by atoms with Crippen molar-refractivity contribution in [3.8, 4) is 0 Å². The summed E-state index contributed by atoms with van der Waals surface area (Å²) in [5.41, 5.74) is -1.78. The maximum Gasteiger partial charge on any atom is 0.312 e. The third-order valence-electron chi connectivity index (χ3n) is 6.95. The standard InChI is InChI=1S/C22H36N2O6/c1-4-6-7-12-23-18(26)17-22-11-10-21(3,30-22)16(20(28)29-5-2)15(22)19(27)24(17)13-8-9-14-25/h15-17,25H,4-14H2,1-3H3,(H,23,26)/t15-,16-,17?,21+,22?/m0/s1. The number of rotatable bonds is 11. The van der Waals surface area contributed by atoms with Crippen molar-refractivity contribution in [3.05, 3.63) is 0 Å². The second-order valence-electron chi connectivity index (χ2n) is 8.94. The third-order valence-corrected chi connectivity index (χ3v) is 6.95. The molecule has 8 heteroatoms. The number of amides is 2. The van der Waals surface area contributed by atoms with Gasteiger partial charge >= 0.3 is 5.97 Å². The second-order valence-corrected chi connectivity index (χ2v) is 8.94. The topological polar surface area (TPSA) is 105 Å². The lowest BCUT2D eigenvalue weighted by Crippen LogP contribution is -2.55. The minimum Gasteiger partial charge on any atom is -0.466 e. The van der Waals surface area contributed by atoms with E-state index in [1.165, 1.54) is 0 Å². The molecule has 2 amide bonds. The summed E-state index contributed by atoms with van der Waals surface area (Å²) in [6.07, 6.45) is 5.28. The van der Waals surface area contributed by atoms with Crippen LogP contribution in [0.2, 0.25) is 0 Å². The Morgan fingerprint density at radius 1 is 1.23 bits per heavy atom. The molecule has 3 rings (SSSR count). The molecular formula is C22H36N2O6. The van der Waals surface area contributed by atoms with Gasteiger partial charge in [-0.05, 0) is 46.0 Å². The predicted octanol–water partition coefficient (Wildman–Crippen LogP) is 1.39. The Labute approximate surface area is 178 Å². The maximum absolute atomic E-state index is 13.5. The summed E-state index contributed by atoms with van der Waals surface area (Å²) >= 11 is 0.